The van der Waals surface area contributed by atoms with E-state index in [-0.39, 0.29) is 0 Å². The first-order chi connectivity index (χ1) is 28.6. The molecule has 0 saturated carbocycles. The molecule has 274 valence electrons. The molecular formula is C52H34N4O2. The average Bonchev–Trinajstić information content (AvgIpc) is 3.58. The Morgan fingerprint density at radius 1 is 0.362 bits per heavy atom. The first-order valence-electron chi connectivity index (χ1n) is 19.3. The number of anilines is 1. The lowest BCUT2D eigenvalue weighted by Gasteiger charge is -2.34. The van der Waals surface area contributed by atoms with Gasteiger partial charge in [-0.15, -0.1) is 0 Å². The predicted octanol–water partition coefficient (Wildman–Crippen LogP) is 12.4. The topological polar surface area (TPSA) is 83.2 Å². The minimum absolute atomic E-state index is 0.473. The fourth-order valence-electron chi connectivity index (χ4n) is 8.61. The van der Waals surface area contributed by atoms with Gasteiger partial charge in [0.2, 0.25) is 0 Å². The Bertz CT molecular complexity index is 2980. The molecule has 0 spiro atoms. The van der Waals surface area contributed by atoms with Crippen LogP contribution in [0.15, 0.2) is 194 Å². The SMILES string of the molecule is Nc1cccc(-c2cccc(-c3nc(-c4ccccc4)nc(-c4cccc5c4Oc4cc6c(cc4O5)C(c4ccccc4)(c4ccccc4)c4ccccc4-6)n3)c2)c1. The molecule has 0 radical (unpaired) electrons. The van der Waals surface area contributed by atoms with E-state index >= 15 is 0 Å². The van der Waals surface area contributed by atoms with Crippen molar-refractivity contribution in [2.75, 3.05) is 5.73 Å². The van der Waals surface area contributed by atoms with Gasteiger partial charge in [0, 0.05) is 16.8 Å². The molecule has 1 aliphatic heterocycles. The van der Waals surface area contributed by atoms with Gasteiger partial charge in [-0.05, 0) is 87.0 Å². The highest BCUT2D eigenvalue weighted by molar-refractivity contribution is 5.89. The zero-order valence-corrected chi connectivity index (χ0v) is 31.2. The van der Waals surface area contributed by atoms with Crippen LogP contribution in [0.1, 0.15) is 22.3 Å². The molecule has 0 bridgehead atoms. The van der Waals surface area contributed by atoms with Crippen LogP contribution >= 0.6 is 0 Å². The zero-order chi connectivity index (χ0) is 38.6. The molecule has 1 aromatic heterocycles. The van der Waals surface area contributed by atoms with Crippen LogP contribution in [0.25, 0.3) is 56.4 Å². The molecule has 0 unspecified atom stereocenters. The summed E-state index contributed by atoms with van der Waals surface area (Å²) in [6, 6.07) is 66.3. The smallest absolute Gasteiger partial charge is 0.181 e. The second-order valence-electron chi connectivity index (χ2n) is 14.6. The van der Waals surface area contributed by atoms with Gasteiger partial charge in [0.05, 0.1) is 11.0 Å². The van der Waals surface area contributed by atoms with Crippen LogP contribution < -0.4 is 15.2 Å². The van der Waals surface area contributed by atoms with E-state index in [0.29, 0.717) is 51.7 Å². The molecule has 2 N–H and O–H groups in total. The number of benzene rings is 8. The zero-order valence-electron chi connectivity index (χ0n) is 31.2. The average molecular weight is 747 g/mol. The Kier molecular flexibility index (Phi) is 7.76. The first kappa shape index (κ1) is 33.5. The standard InChI is InChI=1S/C52H34N4O2/c53-39-24-13-18-35(30-39)34-17-12-19-36(29-34)50-54-49(33-15-4-1-5-16-33)55-51(56-50)41-26-14-28-45-48(41)58-46-31-42-40-25-10-11-27-43(40)52(37-20-6-2-7-21-37,38-22-8-3-9-23-38)44(42)32-47(46)57-45/h1-32H,53H2. The van der Waals surface area contributed by atoms with E-state index in [1.54, 1.807) is 0 Å². The summed E-state index contributed by atoms with van der Waals surface area (Å²) < 4.78 is 13.8. The number of para-hydroxylation sites is 1. The Balaban J connectivity index is 1.06. The number of hydrogen-bond donors (Lipinski definition) is 1. The highest BCUT2D eigenvalue weighted by Crippen LogP contribution is 2.60. The van der Waals surface area contributed by atoms with Crippen molar-refractivity contribution < 1.29 is 9.47 Å². The molecule has 8 aromatic carbocycles. The predicted molar refractivity (Wildman–Crippen MR) is 230 cm³/mol. The maximum atomic E-state index is 6.92. The number of ether oxygens (including phenoxy) is 2. The summed E-state index contributed by atoms with van der Waals surface area (Å²) in [5.41, 5.74) is 17.7. The van der Waals surface area contributed by atoms with Gasteiger partial charge >= 0.3 is 0 Å². The molecule has 0 fully saturated rings. The Labute approximate surface area is 335 Å². The van der Waals surface area contributed by atoms with Crippen molar-refractivity contribution in [1.29, 1.82) is 0 Å². The summed E-state index contributed by atoms with van der Waals surface area (Å²) in [5.74, 6) is 3.96. The second kappa shape index (κ2) is 13.4. The van der Waals surface area contributed by atoms with E-state index in [9.17, 15) is 0 Å². The molecule has 0 saturated heterocycles. The molecule has 58 heavy (non-hydrogen) atoms. The summed E-state index contributed by atoms with van der Waals surface area (Å²) in [6.07, 6.45) is 0. The van der Waals surface area contributed by atoms with Crippen molar-refractivity contribution in [3.8, 4) is 79.4 Å². The molecule has 1 aliphatic carbocycles. The van der Waals surface area contributed by atoms with E-state index in [0.717, 1.165) is 38.9 Å². The molecule has 2 aliphatic rings. The first-order valence-corrected chi connectivity index (χ1v) is 19.3. The molecule has 0 atom stereocenters. The Hall–Kier alpha value is -7.83. The fraction of sp³-hybridized carbons (Fsp3) is 0.0192. The maximum absolute atomic E-state index is 6.92. The molecule has 0 amide bonds. The number of fused-ring (bicyclic) bond motifs is 5. The van der Waals surface area contributed by atoms with E-state index in [1.807, 2.05) is 84.9 Å². The summed E-state index contributed by atoms with van der Waals surface area (Å²) in [4.78, 5) is 15.2. The second-order valence-corrected chi connectivity index (χ2v) is 14.6. The third-order valence-electron chi connectivity index (χ3n) is 11.2. The van der Waals surface area contributed by atoms with Crippen LogP contribution in [0, 0.1) is 0 Å². The van der Waals surface area contributed by atoms with Gasteiger partial charge in [-0.25, -0.2) is 15.0 Å². The van der Waals surface area contributed by atoms with E-state index < -0.39 is 5.41 Å². The van der Waals surface area contributed by atoms with Crippen molar-refractivity contribution in [2.45, 2.75) is 5.41 Å². The van der Waals surface area contributed by atoms with Crippen LogP contribution in [0.5, 0.6) is 23.0 Å². The van der Waals surface area contributed by atoms with Gasteiger partial charge in [0.1, 0.15) is 0 Å². The lowest BCUT2D eigenvalue weighted by Crippen LogP contribution is -2.28. The van der Waals surface area contributed by atoms with Crippen molar-refractivity contribution in [1.82, 2.24) is 15.0 Å². The number of nitrogen functional groups attached to an aromatic ring is 1. The third kappa shape index (κ3) is 5.38. The minimum atomic E-state index is -0.561. The minimum Gasteiger partial charge on any atom is -0.449 e. The molecule has 9 aromatic rings. The number of hydrogen-bond acceptors (Lipinski definition) is 6. The van der Waals surface area contributed by atoms with E-state index in [2.05, 4.69) is 109 Å². The summed E-state index contributed by atoms with van der Waals surface area (Å²) in [6.45, 7) is 0. The number of aromatic nitrogens is 3. The number of nitrogens with two attached hydrogens (primary N) is 1. The van der Waals surface area contributed by atoms with Crippen LogP contribution in [0.2, 0.25) is 0 Å². The monoisotopic (exact) mass is 746 g/mol. The molecule has 6 nitrogen and oxygen atoms in total. The van der Waals surface area contributed by atoms with Crippen molar-refractivity contribution in [2.24, 2.45) is 0 Å². The van der Waals surface area contributed by atoms with Crippen molar-refractivity contribution in [3.05, 3.63) is 216 Å². The van der Waals surface area contributed by atoms with Gasteiger partial charge in [-0.3, -0.25) is 0 Å². The molecular weight excluding hydrogens is 713 g/mol. The van der Waals surface area contributed by atoms with Gasteiger partial charge in [0.25, 0.3) is 0 Å². The Morgan fingerprint density at radius 3 is 1.66 bits per heavy atom. The van der Waals surface area contributed by atoms with Crippen molar-refractivity contribution >= 4 is 5.69 Å². The van der Waals surface area contributed by atoms with Gasteiger partial charge in [-0.2, -0.15) is 0 Å². The lowest BCUT2D eigenvalue weighted by atomic mass is 9.67. The summed E-state index contributed by atoms with van der Waals surface area (Å²) >= 11 is 0. The maximum Gasteiger partial charge on any atom is 0.181 e. The van der Waals surface area contributed by atoms with Crippen LogP contribution in [-0.2, 0) is 5.41 Å². The molecule has 6 heteroatoms. The summed E-state index contributed by atoms with van der Waals surface area (Å²) in [5, 5.41) is 0. The van der Waals surface area contributed by atoms with Crippen LogP contribution in [0.4, 0.5) is 5.69 Å². The molecule has 11 rings (SSSR count). The van der Waals surface area contributed by atoms with Crippen LogP contribution in [0.3, 0.4) is 0 Å². The van der Waals surface area contributed by atoms with Gasteiger partial charge in [-0.1, -0.05) is 152 Å². The van der Waals surface area contributed by atoms with Gasteiger partial charge < -0.3 is 15.2 Å². The van der Waals surface area contributed by atoms with E-state index in [4.69, 9.17) is 30.2 Å². The number of rotatable bonds is 6. The molecule has 2 heterocycles. The Morgan fingerprint density at radius 2 is 0.914 bits per heavy atom. The van der Waals surface area contributed by atoms with Gasteiger partial charge in [0.15, 0.2) is 40.5 Å². The normalized spacial score (nSPS) is 13.0. The van der Waals surface area contributed by atoms with Crippen LogP contribution in [-0.4, -0.2) is 15.0 Å². The fourth-order valence-corrected chi connectivity index (χ4v) is 8.61. The third-order valence-corrected chi connectivity index (χ3v) is 11.2. The lowest BCUT2D eigenvalue weighted by molar-refractivity contribution is 0.360. The largest absolute Gasteiger partial charge is 0.449 e. The number of nitrogens with zero attached hydrogens (tertiary/aromatic N) is 3. The van der Waals surface area contributed by atoms with Crippen molar-refractivity contribution in [3.63, 3.8) is 0 Å². The summed E-state index contributed by atoms with van der Waals surface area (Å²) in [7, 11) is 0. The quantitative estimate of drug-likeness (QED) is 0.171. The van der Waals surface area contributed by atoms with E-state index in [1.165, 1.54) is 16.7 Å². The highest BCUT2D eigenvalue weighted by atomic mass is 16.6. The highest BCUT2D eigenvalue weighted by Gasteiger charge is 2.47.